The third-order valence-electron chi connectivity index (χ3n) is 1.62. The van der Waals surface area contributed by atoms with Gasteiger partial charge in [0, 0.05) is 6.07 Å². The van der Waals surface area contributed by atoms with Crippen LogP contribution in [0.1, 0.15) is 11.6 Å². The number of rotatable bonds is 0. The lowest BCUT2D eigenvalue weighted by atomic mass is 10.6. The van der Waals surface area contributed by atoms with Gasteiger partial charge in [-0.15, -0.1) is 0 Å². The predicted molar refractivity (Wildman–Crippen MR) is 93.2 cm³/mol. The highest BCUT2D eigenvalue weighted by atomic mass is 36.0. The van der Waals surface area contributed by atoms with Gasteiger partial charge in [0.15, 0.2) is 0 Å². The molecule has 0 spiro atoms. The molecule has 0 fully saturated rings. The number of hydrogen-bond donors (Lipinski definition) is 2. The Morgan fingerprint density at radius 3 is 1.78 bits per heavy atom. The van der Waals surface area contributed by atoms with E-state index in [0.717, 1.165) is 6.07 Å². The molecule has 2 aromatic heterocycles. The van der Waals surface area contributed by atoms with Crippen molar-refractivity contribution in [3.63, 3.8) is 0 Å². The zero-order chi connectivity index (χ0) is 18.2. The van der Waals surface area contributed by atoms with Crippen LogP contribution < -0.4 is 5.56 Å². The maximum atomic E-state index is 10.5. The molecule has 0 amide bonds. The molecule has 0 aliphatic carbocycles. The van der Waals surface area contributed by atoms with Gasteiger partial charge < -0.3 is 10.1 Å². The molecule has 23 heavy (non-hydrogen) atoms. The van der Waals surface area contributed by atoms with Gasteiger partial charge in [-0.2, -0.15) is 0 Å². The highest BCUT2D eigenvalue weighted by molar-refractivity contribution is 8.24. The molecule has 13 heteroatoms. The summed E-state index contributed by atoms with van der Waals surface area (Å²) in [6.45, 7) is 3.33. The fourth-order valence-electron chi connectivity index (χ4n) is 1.06. The first kappa shape index (κ1) is 22.4. The summed E-state index contributed by atoms with van der Waals surface area (Å²) in [4.78, 5) is 24.0. The number of nitrogens with one attached hydrogen (secondary N) is 1. The van der Waals surface area contributed by atoms with Gasteiger partial charge in [-0.3, -0.25) is 9.36 Å². The molecule has 2 rings (SSSR count). The SMILES string of the molecule is Cc1nc(Cl)cc(Cl)n1.Cc1nc(O)cc(=O)[nH]1.O=P(Cl)(Cl)Cl. The third kappa shape index (κ3) is 14.7. The first-order valence-corrected chi connectivity index (χ1v) is 10.7. The van der Waals surface area contributed by atoms with Crippen molar-refractivity contribution in [2.45, 2.75) is 13.8 Å². The highest BCUT2D eigenvalue weighted by Gasteiger charge is 2.03. The molecular weight excluding hydrogens is 432 g/mol. The molecule has 0 aliphatic heterocycles. The molecule has 2 N–H and O–H groups in total. The maximum Gasteiger partial charge on any atom is 0.339 e. The molecular formula is C10H10Cl5N4O3P. The van der Waals surface area contributed by atoms with E-state index in [-0.39, 0.29) is 11.4 Å². The van der Waals surface area contributed by atoms with Crippen molar-refractivity contribution >= 4 is 62.1 Å². The largest absolute Gasteiger partial charge is 0.493 e. The van der Waals surface area contributed by atoms with Crippen LogP contribution in [0.25, 0.3) is 0 Å². The van der Waals surface area contributed by atoms with Gasteiger partial charge in [0.05, 0.1) is 6.07 Å². The van der Waals surface area contributed by atoms with Gasteiger partial charge in [0.2, 0.25) is 5.88 Å². The molecule has 128 valence electrons. The Labute approximate surface area is 155 Å². The monoisotopic (exact) mass is 440 g/mol. The molecule has 7 nitrogen and oxygen atoms in total. The highest BCUT2D eigenvalue weighted by Crippen LogP contribution is 2.61. The molecule has 0 unspecified atom stereocenters. The average Bonchev–Trinajstić information content (AvgIpc) is 2.22. The Hall–Kier alpha value is -0.560. The average molecular weight is 442 g/mol. The van der Waals surface area contributed by atoms with Crippen molar-refractivity contribution in [1.29, 1.82) is 0 Å². The fraction of sp³-hybridized carbons (Fsp3) is 0.200. The lowest BCUT2D eigenvalue weighted by Crippen LogP contribution is -2.06. The van der Waals surface area contributed by atoms with E-state index < -0.39 is 5.20 Å². The Balaban J connectivity index is 0.000000332. The van der Waals surface area contributed by atoms with Gasteiger partial charge in [0.25, 0.3) is 5.56 Å². The summed E-state index contributed by atoms with van der Waals surface area (Å²) in [7, 11) is 0. The zero-order valence-corrected chi connectivity index (χ0v) is 16.3. The Morgan fingerprint density at radius 1 is 1.04 bits per heavy atom. The summed E-state index contributed by atoms with van der Waals surface area (Å²) in [5.74, 6) is 0.767. The Morgan fingerprint density at radius 2 is 1.48 bits per heavy atom. The second-order valence-corrected chi connectivity index (χ2v) is 11.1. The number of aryl methyl sites for hydroxylation is 2. The minimum atomic E-state index is -3.22. The van der Waals surface area contributed by atoms with Crippen molar-refractivity contribution in [1.82, 2.24) is 19.9 Å². The number of aromatic nitrogens is 4. The first-order chi connectivity index (χ1) is 10.4. The molecule has 0 bridgehead atoms. The van der Waals surface area contributed by atoms with Gasteiger partial charge in [-0.1, -0.05) is 23.2 Å². The summed E-state index contributed by atoms with van der Waals surface area (Å²) in [6, 6.07) is 2.52. The van der Waals surface area contributed by atoms with E-state index in [2.05, 4.69) is 53.7 Å². The number of aromatic amines is 1. The van der Waals surface area contributed by atoms with E-state index in [1.54, 1.807) is 13.8 Å². The topological polar surface area (TPSA) is 109 Å². The number of halogens is 5. The Kier molecular flexibility index (Phi) is 10.1. The quantitative estimate of drug-likeness (QED) is 0.453. The lowest BCUT2D eigenvalue weighted by molar-refractivity contribution is 0.449. The van der Waals surface area contributed by atoms with Crippen LogP contribution >= 0.6 is 62.1 Å². The molecule has 0 atom stereocenters. The van der Waals surface area contributed by atoms with Gasteiger partial charge >= 0.3 is 5.20 Å². The van der Waals surface area contributed by atoms with Crippen molar-refractivity contribution in [2.24, 2.45) is 0 Å². The number of nitrogens with zero attached hydrogens (tertiary/aromatic N) is 3. The van der Waals surface area contributed by atoms with Crippen LogP contribution in [0, 0.1) is 13.8 Å². The number of H-pyrrole nitrogens is 1. The summed E-state index contributed by atoms with van der Waals surface area (Å²) in [5.41, 5.74) is -0.333. The molecule has 0 aromatic carbocycles. The molecule has 0 saturated heterocycles. The van der Waals surface area contributed by atoms with Crippen molar-refractivity contribution in [3.8, 4) is 5.88 Å². The normalized spacial score (nSPS) is 10.0. The molecule has 0 saturated carbocycles. The van der Waals surface area contributed by atoms with E-state index in [9.17, 15) is 9.36 Å². The van der Waals surface area contributed by atoms with Gasteiger partial charge in [0.1, 0.15) is 22.0 Å². The van der Waals surface area contributed by atoms with Crippen LogP contribution in [0.2, 0.25) is 10.3 Å². The standard InChI is InChI=1S/C5H4Cl2N2.C5H6N2O2.Cl3OP/c1-3-8-4(6)2-5(7)9-3;1-3-6-4(8)2-5(9)7-3;1-5(2,3)4/h2H,1H3;2H,1H3,(H2,6,7,8,9);. The van der Waals surface area contributed by atoms with E-state index in [0.29, 0.717) is 22.0 Å². The second-order valence-electron chi connectivity index (χ2n) is 3.65. The summed E-state index contributed by atoms with van der Waals surface area (Å²) in [6.07, 6.45) is 0. The van der Waals surface area contributed by atoms with Gasteiger partial charge in [-0.05, 0) is 47.6 Å². The van der Waals surface area contributed by atoms with E-state index in [1.807, 2.05) is 0 Å². The molecule has 2 heterocycles. The minimum absolute atomic E-state index is 0.240. The zero-order valence-electron chi connectivity index (χ0n) is 11.6. The predicted octanol–water partition coefficient (Wildman–Crippen LogP) is 4.69. The molecule has 2 aromatic rings. The Bertz CT molecular complexity index is 670. The first-order valence-electron chi connectivity index (χ1n) is 5.49. The van der Waals surface area contributed by atoms with E-state index >= 15 is 0 Å². The van der Waals surface area contributed by atoms with Crippen LogP contribution in [0.3, 0.4) is 0 Å². The van der Waals surface area contributed by atoms with Crippen LogP contribution in [0.15, 0.2) is 16.9 Å². The maximum absolute atomic E-state index is 10.5. The van der Waals surface area contributed by atoms with Crippen molar-refractivity contribution < 1.29 is 9.67 Å². The smallest absolute Gasteiger partial charge is 0.339 e. The van der Waals surface area contributed by atoms with Gasteiger partial charge in [-0.25, -0.2) is 15.0 Å². The van der Waals surface area contributed by atoms with Crippen molar-refractivity contribution in [2.75, 3.05) is 0 Å². The summed E-state index contributed by atoms with van der Waals surface area (Å²) in [5, 5.41) is 6.20. The minimum Gasteiger partial charge on any atom is -0.493 e. The van der Waals surface area contributed by atoms with Crippen LogP contribution in [0.5, 0.6) is 5.88 Å². The lowest BCUT2D eigenvalue weighted by Gasteiger charge is -1.91. The van der Waals surface area contributed by atoms with E-state index in [1.165, 1.54) is 6.07 Å². The van der Waals surface area contributed by atoms with Crippen LogP contribution in [0.4, 0.5) is 0 Å². The van der Waals surface area contributed by atoms with Crippen molar-refractivity contribution in [3.05, 3.63) is 44.4 Å². The second kappa shape index (κ2) is 10.3. The molecule has 0 radical (unpaired) electrons. The number of aromatic hydroxyl groups is 1. The fourth-order valence-corrected chi connectivity index (χ4v) is 1.57. The summed E-state index contributed by atoms with van der Waals surface area (Å²) >= 11 is 24.9. The van der Waals surface area contributed by atoms with Crippen LogP contribution in [-0.2, 0) is 4.57 Å². The molecule has 0 aliphatic rings. The third-order valence-corrected chi connectivity index (χ3v) is 2.01. The number of hydrogen-bond acceptors (Lipinski definition) is 6. The van der Waals surface area contributed by atoms with E-state index in [4.69, 9.17) is 28.3 Å². The summed E-state index contributed by atoms with van der Waals surface area (Å²) < 4.78 is 9.51. The van der Waals surface area contributed by atoms with Crippen LogP contribution in [-0.4, -0.2) is 25.0 Å².